The Labute approximate surface area is 89.5 Å². The lowest BCUT2D eigenvalue weighted by Gasteiger charge is -2.23. The van der Waals surface area contributed by atoms with Gasteiger partial charge in [0.25, 0.3) is 0 Å². The zero-order chi connectivity index (χ0) is 9.54. The molecule has 2 fully saturated rings. The van der Waals surface area contributed by atoms with Crippen molar-refractivity contribution in [2.75, 3.05) is 7.05 Å². The van der Waals surface area contributed by atoms with Crippen LogP contribution in [-0.4, -0.2) is 7.05 Å². The lowest BCUT2D eigenvalue weighted by atomic mass is 9.93. The third kappa shape index (κ3) is 1.41. The fraction of sp³-hybridized carbons (Fsp3) is 0.667. The summed E-state index contributed by atoms with van der Waals surface area (Å²) in [5, 5.41) is 5.69. The summed E-state index contributed by atoms with van der Waals surface area (Å²) in [7, 11) is 2.11. The largest absolute Gasteiger partial charge is 0.312 e. The first-order chi connectivity index (χ1) is 6.88. The van der Waals surface area contributed by atoms with E-state index in [0.29, 0.717) is 6.04 Å². The number of thiophene rings is 1. The van der Waals surface area contributed by atoms with E-state index in [9.17, 15) is 0 Å². The van der Waals surface area contributed by atoms with Crippen LogP contribution in [0.15, 0.2) is 17.5 Å². The highest BCUT2D eigenvalue weighted by Crippen LogP contribution is 2.57. The van der Waals surface area contributed by atoms with E-state index in [4.69, 9.17) is 0 Å². The van der Waals surface area contributed by atoms with Crippen molar-refractivity contribution < 1.29 is 0 Å². The van der Waals surface area contributed by atoms with E-state index in [0.717, 1.165) is 17.8 Å². The summed E-state index contributed by atoms with van der Waals surface area (Å²) >= 11 is 1.90. The molecular weight excluding hydrogens is 190 g/mol. The molecule has 1 heterocycles. The van der Waals surface area contributed by atoms with Crippen molar-refractivity contribution in [1.29, 1.82) is 0 Å². The summed E-state index contributed by atoms with van der Waals surface area (Å²) in [5.74, 6) is 3.09. The third-order valence-corrected chi connectivity index (χ3v) is 4.87. The topological polar surface area (TPSA) is 12.0 Å². The van der Waals surface area contributed by atoms with Crippen LogP contribution in [0.2, 0.25) is 0 Å². The van der Waals surface area contributed by atoms with Crippen LogP contribution in [0.3, 0.4) is 0 Å². The van der Waals surface area contributed by atoms with Crippen LogP contribution in [0.25, 0.3) is 0 Å². The van der Waals surface area contributed by atoms with Crippen molar-refractivity contribution in [2.24, 2.45) is 17.8 Å². The number of hydrogen-bond acceptors (Lipinski definition) is 2. The molecule has 0 amide bonds. The van der Waals surface area contributed by atoms with Crippen LogP contribution < -0.4 is 5.32 Å². The number of nitrogens with one attached hydrogen (secondary N) is 1. The second kappa shape index (κ2) is 3.35. The first kappa shape index (κ1) is 8.93. The Morgan fingerprint density at radius 1 is 1.36 bits per heavy atom. The zero-order valence-electron chi connectivity index (χ0n) is 8.57. The van der Waals surface area contributed by atoms with Crippen molar-refractivity contribution in [3.63, 3.8) is 0 Å². The zero-order valence-corrected chi connectivity index (χ0v) is 9.39. The molecule has 1 N–H and O–H groups in total. The van der Waals surface area contributed by atoms with Gasteiger partial charge in [-0.1, -0.05) is 6.07 Å². The van der Waals surface area contributed by atoms with E-state index in [1.54, 1.807) is 0 Å². The Balaban J connectivity index is 1.74. The summed E-state index contributed by atoms with van der Waals surface area (Å²) in [4.78, 5) is 1.53. The molecule has 0 bridgehead atoms. The maximum atomic E-state index is 3.50. The number of hydrogen-bond donors (Lipinski definition) is 1. The van der Waals surface area contributed by atoms with Crippen LogP contribution >= 0.6 is 11.3 Å². The fourth-order valence-electron chi connectivity index (χ4n) is 3.11. The van der Waals surface area contributed by atoms with Gasteiger partial charge in [0.15, 0.2) is 0 Å². The van der Waals surface area contributed by atoms with Gasteiger partial charge in [-0.05, 0) is 55.5 Å². The molecule has 14 heavy (non-hydrogen) atoms. The number of rotatable bonds is 3. The van der Waals surface area contributed by atoms with Crippen molar-refractivity contribution in [3.8, 4) is 0 Å². The van der Waals surface area contributed by atoms with Crippen molar-refractivity contribution in [2.45, 2.75) is 25.3 Å². The Morgan fingerprint density at radius 3 is 2.71 bits per heavy atom. The number of fused-ring (bicyclic) bond motifs is 1. The summed E-state index contributed by atoms with van der Waals surface area (Å²) < 4.78 is 0. The fourth-order valence-corrected chi connectivity index (χ4v) is 4.04. The second-order valence-corrected chi connectivity index (χ2v) is 5.75. The lowest BCUT2D eigenvalue weighted by Crippen LogP contribution is -2.23. The lowest BCUT2D eigenvalue weighted by molar-refractivity contribution is 0.364. The SMILES string of the molecule is CNC(c1cccs1)C1CC2CC2C1. The molecule has 3 unspecified atom stereocenters. The predicted octanol–water partition coefficient (Wildman–Crippen LogP) is 3.05. The minimum atomic E-state index is 0.628. The molecule has 0 spiro atoms. The minimum absolute atomic E-state index is 0.628. The Hall–Kier alpha value is -0.340. The van der Waals surface area contributed by atoms with E-state index >= 15 is 0 Å². The van der Waals surface area contributed by atoms with Crippen LogP contribution in [-0.2, 0) is 0 Å². The average Bonchev–Trinajstić information content (AvgIpc) is 2.70. The van der Waals surface area contributed by atoms with Gasteiger partial charge < -0.3 is 5.32 Å². The average molecular weight is 207 g/mol. The molecule has 0 saturated heterocycles. The van der Waals surface area contributed by atoms with Crippen LogP contribution in [0.1, 0.15) is 30.2 Å². The van der Waals surface area contributed by atoms with Gasteiger partial charge in [0.05, 0.1) is 0 Å². The molecule has 1 nitrogen and oxygen atoms in total. The van der Waals surface area contributed by atoms with E-state index in [2.05, 4.69) is 29.9 Å². The Morgan fingerprint density at radius 2 is 2.14 bits per heavy atom. The van der Waals surface area contributed by atoms with E-state index < -0.39 is 0 Å². The summed E-state index contributed by atoms with van der Waals surface area (Å²) in [6.45, 7) is 0. The molecule has 1 aromatic rings. The molecule has 2 saturated carbocycles. The highest BCUT2D eigenvalue weighted by molar-refractivity contribution is 7.10. The van der Waals surface area contributed by atoms with E-state index in [1.807, 2.05) is 11.3 Å². The van der Waals surface area contributed by atoms with Gasteiger partial charge in [-0.3, -0.25) is 0 Å². The summed E-state index contributed by atoms with van der Waals surface area (Å²) in [6, 6.07) is 5.07. The molecule has 76 valence electrons. The standard InChI is InChI=1S/C12H17NS/c1-13-12(11-3-2-4-14-11)10-6-8-5-9(8)7-10/h2-4,8-10,12-13H,5-7H2,1H3. The quantitative estimate of drug-likeness (QED) is 0.803. The van der Waals surface area contributed by atoms with Gasteiger partial charge in [-0.25, -0.2) is 0 Å². The van der Waals surface area contributed by atoms with Gasteiger partial charge in [0.1, 0.15) is 0 Å². The smallest absolute Gasteiger partial charge is 0.0441 e. The molecule has 0 radical (unpaired) electrons. The predicted molar refractivity (Wildman–Crippen MR) is 60.4 cm³/mol. The van der Waals surface area contributed by atoms with Gasteiger partial charge in [-0.15, -0.1) is 11.3 Å². The van der Waals surface area contributed by atoms with Gasteiger partial charge >= 0.3 is 0 Å². The Bertz CT molecular complexity index is 296. The summed E-state index contributed by atoms with van der Waals surface area (Å²) in [6.07, 6.45) is 4.46. The highest BCUT2D eigenvalue weighted by atomic mass is 32.1. The molecule has 0 aliphatic heterocycles. The molecule has 1 aromatic heterocycles. The van der Waals surface area contributed by atoms with Gasteiger partial charge in [-0.2, -0.15) is 0 Å². The first-order valence-corrected chi connectivity index (χ1v) is 6.47. The first-order valence-electron chi connectivity index (χ1n) is 5.59. The Kier molecular flexibility index (Phi) is 2.14. The molecule has 0 aromatic carbocycles. The molecule has 2 heteroatoms. The van der Waals surface area contributed by atoms with Gasteiger partial charge in [0.2, 0.25) is 0 Å². The van der Waals surface area contributed by atoms with E-state index in [1.165, 1.54) is 24.1 Å². The second-order valence-electron chi connectivity index (χ2n) is 4.77. The van der Waals surface area contributed by atoms with Crippen molar-refractivity contribution in [1.82, 2.24) is 5.32 Å². The minimum Gasteiger partial charge on any atom is -0.312 e. The van der Waals surface area contributed by atoms with Crippen LogP contribution in [0.5, 0.6) is 0 Å². The third-order valence-electron chi connectivity index (χ3n) is 3.91. The molecule has 3 rings (SSSR count). The molecule has 3 atom stereocenters. The highest BCUT2D eigenvalue weighted by Gasteiger charge is 2.47. The molecule has 2 aliphatic rings. The maximum absolute atomic E-state index is 3.50. The normalized spacial score (nSPS) is 36.8. The monoisotopic (exact) mass is 207 g/mol. The summed E-state index contributed by atoms with van der Waals surface area (Å²) in [5.41, 5.74) is 0. The van der Waals surface area contributed by atoms with Crippen molar-refractivity contribution in [3.05, 3.63) is 22.4 Å². The van der Waals surface area contributed by atoms with Gasteiger partial charge in [0, 0.05) is 10.9 Å². The molecule has 2 aliphatic carbocycles. The van der Waals surface area contributed by atoms with E-state index in [-0.39, 0.29) is 0 Å². The molecular formula is C12H17NS. The van der Waals surface area contributed by atoms with Crippen LogP contribution in [0, 0.1) is 17.8 Å². The van der Waals surface area contributed by atoms with Crippen LogP contribution in [0.4, 0.5) is 0 Å². The maximum Gasteiger partial charge on any atom is 0.0441 e. The van der Waals surface area contributed by atoms with Crippen molar-refractivity contribution >= 4 is 11.3 Å².